The molecule has 0 aromatic heterocycles. The lowest BCUT2D eigenvalue weighted by Crippen LogP contribution is -1.93. The first kappa shape index (κ1) is 54.0. The number of isocyanates is 1. The third kappa shape index (κ3) is 143. The van der Waals surface area contributed by atoms with Crippen LogP contribution in [0.3, 0.4) is 0 Å². The molecule has 9 nitrogen and oxygen atoms in total. The molecule has 0 aliphatic carbocycles. The van der Waals surface area contributed by atoms with Crippen LogP contribution in [0, 0.1) is 0 Å². The van der Waals surface area contributed by atoms with Crippen molar-refractivity contribution in [3.05, 3.63) is 10.4 Å². The van der Waals surface area contributed by atoms with Crippen LogP contribution >= 0.6 is 58.0 Å². The second kappa shape index (κ2) is 76.9. The first-order valence-electron chi connectivity index (χ1n) is 10.5. The zero-order valence-corrected chi connectivity index (χ0v) is 25.2. The Balaban J connectivity index is -0.0000000403. The van der Waals surface area contributed by atoms with Crippen molar-refractivity contribution in [3.8, 4) is 0 Å². The van der Waals surface area contributed by atoms with E-state index in [1.54, 1.807) is 0 Å². The lowest BCUT2D eigenvalue weighted by molar-refractivity contribution is -0.136. The van der Waals surface area contributed by atoms with E-state index in [4.69, 9.17) is 68.6 Å². The lowest BCUT2D eigenvalue weighted by atomic mass is 10.5. The smallest absolute Gasteiger partial charge is 0.304 e. The average molecular weight is 595 g/mol. The van der Waals surface area contributed by atoms with Gasteiger partial charge < -0.3 is 5.11 Å². The van der Waals surface area contributed by atoms with Gasteiger partial charge in [0.15, 0.2) is 0 Å². The van der Waals surface area contributed by atoms with Gasteiger partial charge in [0.05, 0.1) is 13.0 Å². The summed E-state index contributed by atoms with van der Waals surface area (Å²) in [6, 6.07) is 0. The summed E-state index contributed by atoms with van der Waals surface area (Å²) in [5.74, 6) is -0.224. The predicted molar refractivity (Wildman–Crippen MR) is 148 cm³/mol. The van der Waals surface area contributed by atoms with Gasteiger partial charge in [-0.2, -0.15) is 0 Å². The quantitative estimate of drug-likeness (QED) is 0.0571. The van der Waals surface area contributed by atoms with Crippen LogP contribution in [0.5, 0.6) is 0 Å². The molecule has 0 atom stereocenters. The first-order chi connectivity index (χ1) is 16.3. The first-order valence-corrected chi connectivity index (χ1v) is 13.0. The molecule has 0 heterocycles. The highest BCUT2D eigenvalue weighted by molar-refractivity contribution is 6.63. The molecule has 0 aromatic carbocycles. The van der Waals surface area contributed by atoms with Crippen molar-refractivity contribution < 1.29 is 24.3 Å². The normalized spacial score (nSPS) is 6.62. The number of azide groups is 1. The predicted octanol–water partition coefficient (Wildman–Crippen LogP) is 8.20. The summed E-state index contributed by atoms with van der Waals surface area (Å²) >= 11 is 25.2. The van der Waals surface area contributed by atoms with Crippen LogP contribution in [0.4, 0.5) is 0 Å². The van der Waals surface area contributed by atoms with Crippen molar-refractivity contribution in [2.45, 2.75) is 74.7 Å². The van der Waals surface area contributed by atoms with Gasteiger partial charge >= 0.3 is 5.97 Å². The molecular weight excluding hydrogens is 554 g/mol. The Morgan fingerprint density at radius 3 is 1.29 bits per heavy atom. The molecule has 0 unspecified atom stereocenters. The van der Waals surface area contributed by atoms with E-state index in [9.17, 15) is 19.2 Å². The monoisotopic (exact) mass is 592 g/mol. The number of aliphatic imine (C=N–C) groups is 1. The number of halogens is 5. The zero-order valence-electron chi connectivity index (χ0n) is 21.4. The van der Waals surface area contributed by atoms with Gasteiger partial charge in [0.2, 0.25) is 17.2 Å². The fourth-order valence-electron chi connectivity index (χ4n) is 0.424. The number of nitrogens with zero attached hydrogens (tertiary/aromatic N) is 4. The maximum absolute atomic E-state index is 10.1. The van der Waals surface area contributed by atoms with Crippen LogP contribution in [-0.4, -0.2) is 58.4 Å². The van der Waals surface area contributed by atoms with Gasteiger partial charge in [-0.15, -0.1) is 46.4 Å². The van der Waals surface area contributed by atoms with Gasteiger partial charge in [0.1, 0.15) is 0 Å². The van der Waals surface area contributed by atoms with E-state index < -0.39 is 11.9 Å². The molecule has 0 bridgehead atoms. The molecule has 206 valence electrons. The van der Waals surface area contributed by atoms with Crippen LogP contribution in [0.2, 0.25) is 0 Å². The minimum absolute atomic E-state index is 0.0571. The number of amides is 1. The molecule has 0 aromatic rings. The molecule has 0 rings (SSSR count). The summed E-state index contributed by atoms with van der Waals surface area (Å²) in [5, 5.41) is 10.2. The molecule has 0 aliphatic rings. The molecule has 14 heteroatoms. The number of carboxylic acids is 1. The topological polar surface area (TPSA) is 150 Å². The van der Waals surface area contributed by atoms with Crippen LogP contribution in [0.25, 0.3) is 10.4 Å². The second-order valence-electron chi connectivity index (χ2n) is 3.31. The standard InChI is InChI=1S/C3H4Cl2O.C3H4ClN3O.C3H4ClNO.C3H5ClO2.4C2H6/c4-2-1-3(5)6;4-2-1-3(8)6-7-5;4-1-2-5-3-6;4-2-1-3(5)6;4*1-2/h1-2H2;1-2H2;1-2H2;1-2H2,(H,5,6);4*1-2H3. The van der Waals surface area contributed by atoms with Crippen LogP contribution in [0.15, 0.2) is 10.1 Å². The summed E-state index contributed by atoms with van der Waals surface area (Å²) in [6.07, 6.45) is 1.80. The highest BCUT2D eigenvalue weighted by Gasteiger charge is 1.92. The van der Waals surface area contributed by atoms with E-state index in [0.29, 0.717) is 18.3 Å². The number of hydrogen-bond donors (Lipinski definition) is 1. The Kier molecular flexibility index (Phi) is 122. The van der Waals surface area contributed by atoms with E-state index in [1.165, 1.54) is 6.08 Å². The van der Waals surface area contributed by atoms with Crippen molar-refractivity contribution in [1.29, 1.82) is 0 Å². The maximum atomic E-state index is 10.1. The molecule has 0 saturated heterocycles. The number of alkyl halides is 4. The fraction of sp³-hybridized carbons (Fsp3) is 0.800. The molecule has 0 aliphatic heterocycles. The van der Waals surface area contributed by atoms with E-state index in [1.807, 2.05) is 55.4 Å². The highest BCUT2D eigenvalue weighted by atomic mass is 35.5. The van der Waals surface area contributed by atoms with E-state index in [0.717, 1.165) is 0 Å². The summed E-state index contributed by atoms with van der Waals surface area (Å²) in [4.78, 5) is 44.0. The van der Waals surface area contributed by atoms with Gasteiger partial charge in [-0.3, -0.25) is 14.4 Å². The Bertz CT molecular complexity index is 455. The van der Waals surface area contributed by atoms with Crippen molar-refractivity contribution in [1.82, 2.24) is 0 Å². The molecule has 34 heavy (non-hydrogen) atoms. The van der Waals surface area contributed by atoms with Gasteiger partial charge in [-0.25, -0.2) is 9.79 Å². The number of aliphatic carboxylic acids is 1. The highest BCUT2D eigenvalue weighted by Crippen LogP contribution is 1.89. The minimum atomic E-state index is -0.843. The Morgan fingerprint density at radius 1 is 0.794 bits per heavy atom. The Labute approximate surface area is 230 Å². The van der Waals surface area contributed by atoms with Crippen LogP contribution < -0.4 is 0 Å². The summed E-state index contributed by atoms with van der Waals surface area (Å²) < 4.78 is 0. The molecule has 0 saturated carbocycles. The van der Waals surface area contributed by atoms with E-state index >= 15 is 0 Å². The summed E-state index contributed by atoms with van der Waals surface area (Å²) in [6.45, 7) is 16.4. The number of carboxylic acid groups (broad SMARTS) is 1. The van der Waals surface area contributed by atoms with E-state index in [-0.39, 0.29) is 36.3 Å². The van der Waals surface area contributed by atoms with Gasteiger partial charge in [-0.1, -0.05) is 55.4 Å². The third-order valence-corrected chi connectivity index (χ3v) is 2.25. The van der Waals surface area contributed by atoms with Crippen molar-refractivity contribution in [2.75, 3.05) is 30.1 Å². The van der Waals surface area contributed by atoms with Gasteiger partial charge in [-0.05, 0) is 22.2 Å². The Hall–Kier alpha value is -1.05. The molecule has 0 fully saturated rings. The molecule has 0 spiro atoms. The number of carbonyl (C=O) groups is 3. The third-order valence-electron chi connectivity index (χ3n) is 1.32. The van der Waals surface area contributed by atoms with Gasteiger partial charge in [0.25, 0.3) is 0 Å². The molecule has 1 N–H and O–H groups in total. The Morgan fingerprint density at radius 2 is 1.18 bits per heavy atom. The number of rotatable bonds is 8. The lowest BCUT2D eigenvalue weighted by Gasteiger charge is -1.80. The maximum Gasteiger partial charge on any atom is 0.304 e. The minimum Gasteiger partial charge on any atom is -0.481 e. The number of carbonyl (C=O) groups excluding carboxylic acids is 3. The van der Waals surface area contributed by atoms with E-state index in [2.05, 4.69) is 15.0 Å². The average Bonchev–Trinajstić information content (AvgIpc) is 2.84. The van der Waals surface area contributed by atoms with Crippen molar-refractivity contribution in [2.24, 2.45) is 10.1 Å². The molecular formula is C20H41Cl5N4O5. The van der Waals surface area contributed by atoms with Crippen molar-refractivity contribution >= 4 is 81.2 Å². The summed E-state index contributed by atoms with van der Waals surface area (Å²) in [7, 11) is 0. The fourth-order valence-corrected chi connectivity index (χ4v) is 1.19. The second-order valence-corrected chi connectivity index (χ2v) is 5.24. The van der Waals surface area contributed by atoms with Gasteiger partial charge in [0, 0.05) is 41.3 Å². The van der Waals surface area contributed by atoms with Crippen LogP contribution in [-0.2, 0) is 19.2 Å². The number of hydrogen-bond acceptors (Lipinski definition) is 5. The van der Waals surface area contributed by atoms with Crippen molar-refractivity contribution in [3.63, 3.8) is 0 Å². The summed E-state index contributed by atoms with van der Waals surface area (Å²) in [5.41, 5.74) is 7.66. The SMILES string of the molecule is CC.CC.CC.CC.O=C(Cl)CCCl.O=C(O)CCCl.O=C=NCCCl.[N-]=[N+]=NC(=O)CCCl. The zero-order chi connectivity index (χ0) is 29.2. The molecule has 0 radical (unpaired) electrons. The van der Waals surface area contributed by atoms with Crippen LogP contribution in [0.1, 0.15) is 74.7 Å². The largest absolute Gasteiger partial charge is 0.481 e. The molecule has 1 amide bonds.